The average molecular weight is 564 g/mol. The quantitative estimate of drug-likeness (QED) is 0.130. The Hall–Kier alpha value is -5.28. The Morgan fingerprint density at radius 1 is 0.659 bits per heavy atom. The SMILES string of the molecule is Cc1ccc2c3cc4c5cccc6c7ccccc7[n+](c4cc3c3c(n2c1)CC1C(C3)c2ccccc2-c2cccc[n+]21)c65. The summed E-state index contributed by atoms with van der Waals surface area (Å²) in [5, 5.41) is 8.11. The van der Waals surface area contributed by atoms with Crippen LogP contribution in [0.3, 0.4) is 0 Å². The lowest BCUT2D eigenvalue weighted by Gasteiger charge is -2.36. The van der Waals surface area contributed by atoms with Crippen LogP contribution in [0.1, 0.15) is 34.3 Å². The van der Waals surface area contributed by atoms with E-state index in [0.29, 0.717) is 12.0 Å². The number of fused-ring (bicyclic) bond motifs is 18. The zero-order valence-electron chi connectivity index (χ0n) is 24.5. The van der Waals surface area contributed by atoms with Crippen molar-refractivity contribution in [2.75, 3.05) is 0 Å². The lowest BCUT2D eigenvalue weighted by atomic mass is 9.73. The van der Waals surface area contributed by atoms with Crippen molar-refractivity contribution >= 4 is 54.4 Å². The maximum atomic E-state index is 2.56. The van der Waals surface area contributed by atoms with E-state index in [1.54, 1.807) is 0 Å². The predicted molar refractivity (Wildman–Crippen MR) is 178 cm³/mol. The normalized spacial score (nSPS) is 17.5. The zero-order chi connectivity index (χ0) is 28.7. The fraction of sp³-hybridized carbons (Fsp3) is 0.122. The summed E-state index contributed by atoms with van der Waals surface area (Å²) in [5.41, 5.74) is 13.7. The van der Waals surface area contributed by atoms with Crippen molar-refractivity contribution in [2.24, 2.45) is 0 Å². The Labute approximate surface area is 254 Å². The van der Waals surface area contributed by atoms with Gasteiger partial charge in [-0.05, 0) is 77.9 Å². The van der Waals surface area contributed by atoms with Gasteiger partial charge in [-0.2, -0.15) is 8.97 Å². The fourth-order valence-electron chi connectivity index (χ4n) is 9.07. The van der Waals surface area contributed by atoms with Crippen molar-refractivity contribution in [1.82, 2.24) is 4.40 Å². The van der Waals surface area contributed by atoms with E-state index in [2.05, 4.69) is 142 Å². The number of aryl methyl sites for hydroxylation is 1. The van der Waals surface area contributed by atoms with Crippen molar-refractivity contribution in [1.29, 1.82) is 0 Å². The largest absolute Gasteiger partial charge is 0.319 e. The molecule has 3 nitrogen and oxygen atoms in total. The van der Waals surface area contributed by atoms with Crippen LogP contribution in [0.2, 0.25) is 0 Å². The molecule has 2 unspecified atom stereocenters. The maximum Gasteiger partial charge on any atom is 0.227 e. The molecule has 0 saturated heterocycles. The van der Waals surface area contributed by atoms with Crippen molar-refractivity contribution in [3.05, 3.63) is 144 Å². The molecule has 0 spiro atoms. The van der Waals surface area contributed by atoms with Crippen molar-refractivity contribution < 1.29 is 8.97 Å². The Kier molecular flexibility index (Phi) is 4.22. The van der Waals surface area contributed by atoms with E-state index < -0.39 is 0 Å². The van der Waals surface area contributed by atoms with Crippen LogP contribution >= 0.6 is 0 Å². The molecule has 11 rings (SSSR count). The van der Waals surface area contributed by atoms with Gasteiger partial charge >= 0.3 is 0 Å². The summed E-state index contributed by atoms with van der Waals surface area (Å²) in [6, 6.07) is 41.6. The summed E-state index contributed by atoms with van der Waals surface area (Å²) in [6.07, 6.45) is 6.70. The topological polar surface area (TPSA) is 12.4 Å². The number of aromatic nitrogens is 3. The van der Waals surface area contributed by atoms with E-state index in [9.17, 15) is 0 Å². The third-order valence-electron chi connectivity index (χ3n) is 10.9. The van der Waals surface area contributed by atoms with Gasteiger partial charge < -0.3 is 4.40 Å². The minimum Gasteiger partial charge on any atom is -0.319 e. The van der Waals surface area contributed by atoms with Gasteiger partial charge in [0.25, 0.3) is 0 Å². The molecular formula is C41H29N3+2. The molecule has 206 valence electrons. The second-order valence-electron chi connectivity index (χ2n) is 13.0. The maximum absolute atomic E-state index is 2.56. The summed E-state index contributed by atoms with van der Waals surface area (Å²) in [5.74, 6) is 0.425. The Bertz CT molecular complexity index is 2700. The predicted octanol–water partition coefficient (Wildman–Crippen LogP) is 8.43. The highest BCUT2D eigenvalue weighted by Gasteiger charge is 2.44. The van der Waals surface area contributed by atoms with E-state index in [1.807, 2.05) is 0 Å². The standard InChI is InChI=1S/C41H29N3/c1-24-16-17-36-33-20-32-29-13-8-12-28-27-11-4-5-15-37(27)44(41(28)29)40(32)21-30(33)34-19-31-25-9-2-3-10-26(25)35-14-6-7-18-42(35)38(31)22-39(34)43(36)23-24/h2-18,20-21,23,31,38H,19,22H2,1H3/q+2. The molecule has 4 aromatic carbocycles. The average Bonchev–Trinajstić information content (AvgIpc) is 3.59. The van der Waals surface area contributed by atoms with Gasteiger partial charge in [0.2, 0.25) is 22.2 Å². The van der Waals surface area contributed by atoms with Gasteiger partial charge in [0.05, 0.1) is 39.4 Å². The lowest BCUT2D eigenvalue weighted by molar-refractivity contribution is -0.718. The highest BCUT2D eigenvalue weighted by molar-refractivity contribution is 6.20. The van der Waals surface area contributed by atoms with Crippen LogP contribution in [0.15, 0.2) is 122 Å². The molecular weight excluding hydrogens is 534 g/mol. The number of para-hydroxylation sites is 2. The molecule has 1 aliphatic carbocycles. The summed E-state index contributed by atoms with van der Waals surface area (Å²) in [7, 11) is 0. The molecule has 5 aromatic heterocycles. The first kappa shape index (κ1) is 23.2. The second kappa shape index (κ2) is 8.00. The molecule has 0 fully saturated rings. The van der Waals surface area contributed by atoms with E-state index in [1.165, 1.54) is 88.0 Å². The molecule has 2 atom stereocenters. The molecule has 0 saturated carbocycles. The first-order valence-corrected chi connectivity index (χ1v) is 15.8. The highest BCUT2D eigenvalue weighted by Crippen LogP contribution is 2.47. The summed E-state index contributed by atoms with van der Waals surface area (Å²) < 4.78 is 7.62. The first-order valence-electron chi connectivity index (χ1n) is 15.8. The number of pyridine rings is 3. The van der Waals surface area contributed by atoms with Gasteiger partial charge in [-0.3, -0.25) is 0 Å². The van der Waals surface area contributed by atoms with E-state index in [-0.39, 0.29) is 0 Å². The number of nitrogens with zero attached hydrogens (tertiary/aromatic N) is 3. The summed E-state index contributed by atoms with van der Waals surface area (Å²) >= 11 is 0. The second-order valence-corrected chi connectivity index (χ2v) is 13.0. The molecule has 0 radical (unpaired) electrons. The fourth-order valence-corrected chi connectivity index (χ4v) is 9.07. The molecule has 0 bridgehead atoms. The number of rotatable bonds is 0. The van der Waals surface area contributed by atoms with Gasteiger partial charge in [-0.25, -0.2) is 0 Å². The molecule has 0 N–H and O–H groups in total. The van der Waals surface area contributed by atoms with Gasteiger partial charge in [0.15, 0.2) is 12.2 Å². The Morgan fingerprint density at radius 2 is 1.48 bits per heavy atom. The molecule has 0 amide bonds. The van der Waals surface area contributed by atoms with E-state index >= 15 is 0 Å². The van der Waals surface area contributed by atoms with Crippen molar-refractivity contribution in [3.63, 3.8) is 0 Å². The zero-order valence-corrected chi connectivity index (χ0v) is 24.5. The number of benzene rings is 4. The van der Waals surface area contributed by atoms with Gasteiger partial charge in [0, 0.05) is 47.1 Å². The molecule has 6 heterocycles. The lowest BCUT2D eigenvalue weighted by Crippen LogP contribution is -2.50. The monoisotopic (exact) mass is 563 g/mol. The first-order chi connectivity index (χ1) is 21.7. The Balaban J connectivity index is 1.29. The van der Waals surface area contributed by atoms with E-state index in [4.69, 9.17) is 0 Å². The van der Waals surface area contributed by atoms with Crippen LogP contribution in [-0.4, -0.2) is 4.40 Å². The third kappa shape index (κ3) is 2.74. The van der Waals surface area contributed by atoms with Crippen LogP contribution in [0.5, 0.6) is 0 Å². The molecule has 44 heavy (non-hydrogen) atoms. The molecule has 9 aromatic rings. The minimum atomic E-state index is 0.383. The van der Waals surface area contributed by atoms with Crippen molar-refractivity contribution in [2.45, 2.75) is 31.7 Å². The summed E-state index contributed by atoms with van der Waals surface area (Å²) in [6.45, 7) is 2.22. The smallest absolute Gasteiger partial charge is 0.227 e. The van der Waals surface area contributed by atoms with Gasteiger partial charge in [0.1, 0.15) is 0 Å². The summed E-state index contributed by atoms with van der Waals surface area (Å²) in [4.78, 5) is 0. The van der Waals surface area contributed by atoms with Crippen LogP contribution in [0, 0.1) is 6.92 Å². The number of hydrogen-bond donors (Lipinski definition) is 0. The van der Waals surface area contributed by atoms with Crippen LogP contribution in [-0.2, 0) is 12.8 Å². The Morgan fingerprint density at radius 3 is 2.43 bits per heavy atom. The third-order valence-corrected chi connectivity index (χ3v) is 10.9. The van der Waals surface area contributed by atoms with Crippen LogP contribution < -0.4 is 8.97 Å². The molecule has 3 heteroatoms. The van der Waals surface area contributed by atoms with E-state index in [0.717, 1.165) is 12.8 Å². The van der Waals surface area contributed by atoms with Gasteiger partial charge in [-0.15, -0.1) is 0 Å². The van der Waals surface area contributed by atoms with Gasteiger partial charge in [-0.1, -0.05) is 42.5 Å². The van der Waals surface area contributed by atoms with Crippen LogP contribution in [0.25, 0.3) is 65.6 Å². The molecule has 2 aliphatic rings. The van der Waals surface area contributed by atoms with Crippen molar-refractivity contribution in [3.8, 4) is 11.3 Å². The molecule has 1 aliphatic heterocycles. The minimum absolute atomic E-state index is 0.383. The number of hydrogen-bond acceptors (Lipinski definition) is 0. The highest BCUT2D eigenvalue weighted by atomic mass is 15.0. The van der Waals surface area contributed by atoms with Crippen LogP contribution in [0.4, 0.5) is 0 Å².